The number of primary amides is 1. The van der Waals surface area contributed by atoms with Crippen LogP contribution in [-0.2, 0) is 6.54 Å². The number of rotatable bonds is 9. The highest BCUT2D eigenvalue weighted by Gasteiger charge is 2.07. The monoisotopic (exact) mass is 382 g/mol. The van der Waals surface area contributed by atoms with Gasteiger partial charge in [0, 0.05) is 18.7 Å². The molecule has 0 bridgehead atoms. The molecule has 28 heavy (non-hydrogen) atoms. The van der Waals surface area contributed by atoms with Gasteiger partial charge in [0.15, 0.2) is 5.96 Å². The van der Waals surface area contributed by atoms with E-state index in [0.29, 0.717) is 18.0 Å². The smallest absolute Gasteiger partial charge is 0.248 e. The second-order valence-corrected chi connectivity index (χ2v) is 6.65. The van der Waals surface area contributed by atoms with Crippen LogP contribution in [-0.4, -0.2) is 32.1 Å². The number of nitrogens with two attached hydrogens (primary N) is 1. The number of carbonyl (C=O) groups is 1. The Morgan fingerprint density at radius 3 is 2.57 bits per heavy atom. The van der Waals surface area contributed by atoms with Gasteiger partial charge in [0.1, 0.15) is 5.75 Å². The third kappa shape index (κ3) is 6.61. The Labute approximate surface area is 167 Å². The Morgan fingerprint density at radius 1 is 1.18 bits per heavy atom. The zero-order valence-corrected chi connectivity index (χ0v) is 16.9. The van der Waals surface area contributed by atoms with E-state index in [1.54, 1.807) is 19.2 Å². The molecule has 1 amide bonds. The molecular formula is C22H30N4O2. The third-order valence-corrected chi connectivity index (χ3v) is 4.53. The van der Waals surface area contributed by atoms with E-state index < -0.39 is 5.91 Å². The van der Waals surface area contributed by atoms with Gasteiger partial charge in [0.2, 0.25) is 5.91 Å². The number of ether oxygens (including phenoxy) is 1. The number of amides is 1. The molecule has 0 saturated heterocycles. The summed E-state index contributed by atoms with van der Waals surface area (Å²) in [5.41, 5.74) is 8.07. The van der Waals surface area contributed by atoms with E-state index in [9.17, 15) is 4.79 Å². The summed E-state index contributed by atoms with van der Waals surface area (Å²) in [6.07, 6.45) is 0.980. The van der Waals surface area contributed by atoms with Crippen molar-refractivity contribution in [1.29, 1.82) is 0 Å². The number of nitrogens with one attached hydrogen (secondary N) is 2. The van der Waals surface area contributed by atoms with Gasteiger partial charge in [-0.1, -0.05) is 31.2 Å². The van der Waals surface area contributed by atoms with Crippen LogP contribution < -0.4 is 21.1 Å². The number of aliphatic imine (C=N–C) groups is 1. The highest BCUT2D eigenvalue weighted by molar-refractivity contribution is 5.92. The van der Waals surface area contributed by atoms with Gasteiger partial charge in [0.05, 0.1) is 13.7 Å². The molecular weight excluding hydrogens is 352 g/mol. The number of hydrogen-bond acceptors (Lipinski definition) is 3. The molecule has 0 aliphatic rings. The molecule has 2 aromatic rings. The number of carbonyl (C=O) groups excluding carboxylic acids is 1. The molecule has 0 aliphatic carbocycles. The van der Waals surface area contributed by atoms with Crippen LogP contribution in [0, 0.1) is 0 Å². The van der Waals surface area contributed by atoms with E-state index in [-0.39, 0.29) is 0 Å². The standard InChI is InChI=1S/C22H30N4O2/c1-4-24-22(26-15-17-6-5-7-19(14-17)21(23)27)25-13-12-16(2)18-8-10-20(28-3)11-9-18/h5-11,14,16H,4,12-13,15H2,1-3H3,(H2,23,27)(H2,24,25,26). The minimum Gasteiger partial charge on any atom is -0.497 e. The van der Waals surface area contributed by atoms with E-state index in [2.05, 4.69) is 34.7 Å². The Hall–Kier alpha value is -3.02. The van der Waals surface area contributed by atoms with Gasteiger partial charge < -0.3 is 21.1 Å². The summed E-state index contributed by atoms with van der Waals surface area (Å²) >= 11 is 0. The first kappa shape index (κ1) is 21.3. The van der Waals surface area contributed by atoms with Crippen LogP contribution >= 0.6 is 0 Å². The summed E-state index contributed by atoms with van der Waals surface area (Å²) in [5.74, 6) is 1.63. The van der Waals surface area contributed by atoms with Crippen molar-refractivity contribution in [2.75, 3.05) is 20.2 Å². The maximum absolute atomic E-state index is 11.3. The molecule has 1 atom stereocenters. The first-order valence-corrected chi connectivity index (χ1v) is 9.58. The van der Waals surface area contributed by atoms with Crippen molar-refractivity contribution in [3.63, 3.8) is 0 Å². The molecule has 0 aliphatic heterocycles. The summed E-state index contributed by atoms with van der Waals surface area (Å²) in [6, 6.07) is 15.4. The normalized spacial score (nSPS) is 12.3. The lowest BCUT2D eigenvalue weighted by Gasteiger charge is -2.15. The zero-order chi connectivity index (χ0) is 20.4. The number of nitrogens with zero attached hydrogens (tertiary/aromatic N) is 1. The third-order valence-electron chi connectivity index (χ3n) is 4.53. The zero-order valence-electron chi connectivity index (χ0n) is 16.9. The predicted molar refractivity (Wildman–Crippen MR) is 114 cm³/mol. The van der Waals surface area contributed by atoms with Crippen molar-refractivity contribution < 1.29 is 9.53 Å². The van der Waals surface area contributed by atoms with Gasteiger partial charge in [-0.3, -0.25) is 4.79 Å². The second-order valence-electron chi connectivity index (χ2n) is 6.65. The van der Waals surface area contributed by atoms with Gasteiger partial charge in [-0.2, -0.15) is 0 Å². The Bertz CT molecular complexity index is 787. The van der Waals surface area contributed by atoms with Gasteiger partial charge in [-0.15, -0.1) is 0 Å². The molecule has 0 saturated carbocycles. The van der Waals surface area contributed by atoms with E-state index in [1.165, 1.54) is 5.56 Å². The highest BCUT2D eigenvalue weighted by atomic mass is 16.5. The molecule has 4 N–H and O–H groups in total. The fourth-order valence-corrected chi connectivity index (χ4v) is 2.84. The van der Waals surface area contributed by atoms with Crippen molar-refractivity contribution in [2.45, 2.75) is 32.7 Å². The van der Waals surface area contributed by atoms with Crippen molar-refractivity contribution in [3.8, 4) is 5.75 Å². The first-order chi connectivity index (χ1) is 13.5. The molecule has 0 aromatic heterocycles. The van der Waals surface area contributed by atoms with E-state index in [4.69, 9.17) is 10.5 Å². The van der Waals surface area contributed by atoms with Crippen molar-refractivity contribution in [1.82, 2.24) is 10.6 Å². The number of hydrogen-bond donors (Lipinski definition) is 3. The largest absolute Gasteiger partial charge is 0.497 e. The molecule has 0 radical (unpaired) electrons. The summed E-state index contributed by atoms with van der Waals surface area (Å²) in [7, 11) is 1.67. The van der Waals surface area contributed by atoms with E-state index in [1.807, 2.05) is 31.2 Å². The van der Waals surface area contributed by atoms with Crippen molar-refractivity contribution in [2.24, 2.45) is 10.7 Å². The predicted octanol–water partition coefficient (Wildman–Crippen LogP) is 3.04. The molecule has 6 nitrogen and oxygen atoms in total. The van der Waals surface area contributed by atoms with Gasteiger partial charge in [-0.05, 0) is 54.7 Å². The molecule has 0 fully saturated rings. The van der Waals surface area contributed by atoms with E-state index in [0.717, 1.165) is 36.8 Å². The average Bonchev–Trinajstić information content (AvgIpc) is 2.72. The Balaban J connectivity index is 1.90. The molecule has 150 valence electrons. The topological polar surface area (TPSA) is 88.7 Å². The SMILES string of the molecule is CCNC(=NCc1cccc(C(N)=O)c1)NCCC(C)c1ccc(OC)cc1. The van der Waals surface area contributed by atoms with Crippen LogP contribution in [0.25, 0.3) is 0 Å². The van der Waals surface area contributed by atoms with Gasteiger partial charge >= 0.3 is 0 Å². The summed E-state index contributed by atoms with van der Waals surface area (Å²) in [6.45, 7) is 6.31. The van der Waals surface area contributed by atoms with Gasteiger partial charge in [0.25, 0.3) is 0 Å². The fourth-order valence-electron chi connectivity index (χ4n) is 2.84. The minimum absolute atomic E-state index is 0.425. The number of methoxy groups -OCH3 is 1. The van der Waals surface area contributed by atoms with E-state index >= 15 is 0 Å². The lowest BCUT2D eigenvalue weighted by atomic mass is 9.98. The van der Waals surface area contributed by atoms with Crippen LogP contribution in [0.3, 0.4) is 0 Å². The lowest BCUT2D eigenvalue weighted by Crippen LogP contribution is -2.38. The minimum atomic E-state index is -0.427. The fraction of sp³-hybridized carbons (Fsp3) is 0.364. The van der Waals surface area contributed by atoms with Crippen LogP contribution in [0.4, 0.5) is 0 Å². The maximum atomic E-state index is 11.3. The number of guanidine groups is 1. The van der Waals surface area contributed by atoms with Crippen LogP contribution in [0.2, 0.25) is 0 Å². The van der Waals surface area contributed by atoms with Crippen LogP contribution in [0.5, 0.6) is 5.75 Å². The Kier molecular flexibility index (Phi) is 8.34. The number of benzene rings is 2. The second kappa shape index (κ2) is 11.0. The molecule has 1 unspecified atom stereocenters. The summed E-state index contributed by atoms with van der Waals surface area (Å²) in [4.78, 5) is 15.9. The maximum Gasteiger partial charge on any atom is 0.248 e. The molecule has 2 rings (SSSR count). The van der Waals surface area contributed by atoms with Crippen molar-refractivity contribution >= 4 is 11.9 Å². The Morgan fingerprint density at radius 2 is 1.93 bits per heavy atom. The quantitative estimate of drug-likeness (QED) is 0.459. The highest BCUT2D eigenvalue weighted by Crippen LogP contribution is 2.21. The molecule has 2 aromatic carbocycles. The molecule has 0 spiro atoms. The average molecular weight is 383 g/mol. The van der Waals surface area contributed by atoms with Crippen LogP contribution in [0.15, 0.2) is 53.5 Å². The van der Waals surface area contributed by atoms with Crippen molar-refractivity contribution in [3.05, 3.63) is 65.2 Å². The van der Waals surface area contributed by atoms with Gasteiger partial charge in [-0.25, -0.2) is 4.99 Å². The summed E-state index contributed by atoms with van der Waals surface area (Å²) in [5, 5.41) is 6.62. The lowest BCUT2D eigenvalue weighted by molar-refractivity contribution is 0.1000. The first-order valence-electron chi connectivity index (χ1n) is 9.58. The van der Waals surface area contributed by atoms with Crippen LogP contribution in [0.1, 0.15) is 47.7 Å². The summed E-state index contributed by atoms with van der Waals surface area (Å²) < 4.78 is 5.21. The molecule has 6 heteroatoms. The molecule has 0 heterocycles.